The summed E-state index contributed by atoms with van der Waals surface area (Å²) in [7, 11) is 1.59. The summed E-state index contributed by atoms with van der Waals surface area (Å²) in [6.07, 6.45) is 0.295. The van der Waals surface area contributed by atoms with Crippen LogP contribution in [0.1, 0.15) is 12.5 Å². The molecule has 0 heterocycles. The van der Waals surface area contributed by atoms with Crippen LogP contribution >= 0.6 is 11.6 Å². The fourth-order valence-electron chi connectivity index (χ4n) is 1.52. The third-order valence-corrected chi connectivity index (χ3v) is 2.83. The van der Waals surface area contributed by atoms with Crippen molar-refractivity contribution in [3.63, 3.8) is 0 Å². The van der Waals surface area contributed by atoms with E-state index in [1.165, 1.54) is 0 Å². The molecule has 0 fully saturated rings. The number of carbonyl (C=O) groups is 2. The molecule has 0 saturated carbocycles. The largest absolute Gasteiger partial charge is 0.497 e. The van der Waals surface area contributed by atoms with Crippen molar-refractivity contribution >= 4 is 23.4 Å². The van der Waals surface area contributed by atoms with Gasteiger partial charge in [-0.05, 0) is 24.6 Å². The minimum Gasteiger partial charge on any atom is -0.497 e. The van der Waals surface area contributed by atoms with Gasteiger partial charge >= 0.3 is 0 Å². The first-order chi connectivity index (χ1) is 9.52. The van der Waals surface area contributed by atoms with E-state index in [0.717, 1.165) is 11.3 Å². The molecule has 0 bridgehead atoms. The average Bonchev–Trinajstić information content (AvgIpc) is 2.44. The number of carbonyl (C=O) groups excluding carboxylic acids is 2. The molecule has 1 aromatic carbocycles. The van der Waals surface area contributed by atoms with Crippen LogP contribution in [-0.4, -0.2) is 37.4 Å². The lowest BCUT2D eigenvalue weighted by molar-refractivity contribution is -0.122. The van der Waals surface area contributed by atoms with Crippen molar-refractivity contribution in [1.29, 1.82) is 0 Å². The van der Waals surface area contributed by atoms with Crippen LogP contribution < -0.4 is 15.4 Å². The number of alkyl halides is 1. The zero-order chi connectivity index (χ0) is 15.0. The molecule has 0 aliphatic rings. The van der Waals surface area contributed by atoms with Crippen molar-refractivity contribution in [3.8, 4) is 5.75 Å². The Kier molecular flexibility index (Phi) is 6.87. The lowest BCUT2D eigenvalue weighted by Gasteiger charge is -2.08. The highest BCUT2D eigenvalue weighted by Gasteiger charge is 2.08. The number of hydrogen-bond donors (Lipinski definition) is 2. The van der Waals surface area contributed by atoms with E-state index in [1.54, 1.807) is 14.0 Å². The third-order valence-electron chi connectivity index (χ3n) is 2.63. The molecular weight excluding hydrogens is 280 g/mol. The van der Waals surface area contributed by atoms with Gasteiger partial charge in [-0.1, -0.05) is 12.1 Å². The lowest BCUT2D eigenvalue weighted by Crippen LogP contribution is -2.37. The van der Waals surface area contributed by atoms with Crippen LogP contribution in [0.4, 0.5) is 0 Å². The van der Waals surface area contributed by atoms with E-state index in [4.69, 9.17) is 16.3 Å². The first-order valence-corrected chi connectivity index (χ1v) is 6.78. The molecule has 20 heavy (non-hydrogen) atoms. The molecule has 0 aliphatic heterocycles. The van der Waals surface area contributed by atoms with Gasteiger partial charge in [0, 0.05) is 13.1 Å². The molecule has 2 N–H and O–H groups in total. The molecule has 1 rings (SSSR count). The number of halogens is 1. The van der Waals surface area contributed by atoms with E-state index in [-0.39, 0.29) is 11.8 Å². The standard InChI is InChI=1S/C14H19ClN2O3/c1-10(15)14(19)17-8-7-16-13(18)9-11-3-5-12(20-2)6-4-11/h3-6,10H,7-9H2,1-2H3,(H,16,18)(H,17,19). The number of rotatable bonds is 7. The fraction of sp³-hybridized carbons (Fsp3) is 0.429. The van der Waals surface area contributed by atoms with E-state index in [9.17, 15) is 9.59 Å². The second kappa shape index (κ2) is 8.43. The maximum Gasteiger partial charge on any atom is 0.237 e. The highest BCUT2D eigenvalue weighted by atomic mass is 35.5. The fourth-order valence-corrected chi connectivity index (χ4v) is 1.60. The molecule has 0 radical (unpaired) electrons. The van der Waals surface area contributed by atoms with Gasteiger partial charge in [-0.25, -0.2) is 0 Å². The van der Waals surface area contributed by atoms with Crippen molar-refractivity contribution in [2.24, 2.45) is 0 Å². The van der Waals surface area contributed by atoms with Gasteiger partial charge in [-0.3, -0.25) is 9.59 Å². The molecule has 1 atom stereocenters. The normalized spacial score (nSPS) is 11.6. The minimum absolute atomic E-state index is 0.0941. The van der Waals surface area contributed by atoms with Crippen LogP contribution in [0, 0.1) is 0 Å². The van der Waals surface area contributed by atoms with E-state index < -0.39 is 5.38 Å². The minimum atomic E-state index is -0.565. The molecule has 0 aliphatic carbocycles. The van der Waals surface area contributed by atoms with Crippen molar-refractivity contribution in [2.75, 3.05) is 20.2 Å². The predicted octanol–water partition coefficient (Wildman–Crippen LogP) is 1.10. The summed E-state index contributed by atoms with van der Waals surface area (Å²) in [5.74, 6) is 0.423. The van der Waals surface area contributed by atoms with E-state index in [1.807, 2.05) is 24.3 Å². The zero-order valence-corrected chi connectivity index (χ0v) is 12.4. The Hall–Kier alpha value is -1.75. The first-order valence-electron chi connectivity index (χ1n) is 6.34. The van der Waals surface area contributed by atoms with Gasteiger partial charge in [-0.15, -0.1) is 11.6 Å². The number of amides is 2. The Balaban J connectivity index is 2.24. The maximum atomic E-state index is 11.7. The molecule has 110 valence electrons. The van der Waals surface area contributed by atoms with Gasteiger partial charge in [0.1, 0.15) is 11.1 Å². The molecule has 6 heteroatoms. The molecule has 1 unspecified atom stereocenters. The van der Waals surface area contributed by atoms with Crippen molar-refractivity contribution < 1.29 is 14.3 Å². The maximum absolute atomic E-state index is 11.7. The number of nitrogens with one attached hydrogen (secondary N) is 2. The molecule has 2 amide bonds. The Labute approximate surface area is 123 Å². The summed E-state index contributed by atoms with van der Waals surface area (Å²) in [6, 6.07) is 7.31. The Morgan fingerprint density at radius 2 is 1.80 bits per heavy atom. The van der Waals surface area contributed by atoms with Crippen molar-refractivity contribution in [3.05, 3.63) is 29.8 Å². The second-order valence-electron chi connectivity index (χ2n) is 4.28. The zero-order valence-electron chi connectivity index (χ0n) is 11.6. The van der Waals surface area contributed by atoms with Crippen LogP contribution in [0.2, 0.25) is 0 Å². The molecule has 1 aromatic rings. The van der Waals surface area contributed by atoms with Gasteiger partial charge < -0.3 is 15.4 Å². The van der Waals surface area contributed by atoms with E-state index >= 15 is 0 Å². The molecule has 5 nitrogen and oxygen atoms in total. The summed E-state index contributed by atoms with van der Waals surface area (Å²) in [5.41, 5.74) is 0.904. The van der Waals surface area contributed by atoms with Gasteiger partial charge in [0.2, 0.25) is 11.8 Å². The van der Waals surface area contributed by atoms with Crippen LogP contribution in [0.3, 0.4) is 0 Å². The lowest BCUT2D eigenvalue weighted by atomic mass is 10.1. The summed E-state index contributed by atoms with van der Waals surface area (Å²) < 4.78 is 5.04. The molecule has 0 aromatic heterocycles. The summed E-state index contributed by atoms with van der Waals surface area (Å²) >= 11 is 5.59. The smallest absolute Gasteiger partial charge is 0.237 e. The number of benzene rings is 1. The quantitative estimate of drug-likeness (QED) is 0.585. The third kappa shape index (κ3) is 5.93. The number of methoxy groups -OCH3 is 1. The molecule has 0 saturated heterocycles. The van der Waals surface area contributed by atoms with Gasteiger partial charge in [0.05, 0.1) is 13.5 Å². The Bertz CT molecular complexity index is 446. The summed E-state index contributed by atoms with van der Waals surface area (Å²) in [4.78, 5) is 22.8. The molecule has 0 spiro atoms. The summed E-state index contributed by atoms with van der Waals surface area (Å²) in [5, 5.41) is 4.78. The van der Waals surface area contributed by atoms with E-state index in [2.05, 4.69) is 10.6 Å². The van der Waals surface area contributed by atoms with Crippen molar-refractivity contribution in [1.82, 2.24) is 10.6 Å². The average molecular weight is 299 g/mol. The SMILES string of the molecule is COc1ccc(CC(=O)NCCNC(=O)C(C)Cl)cc1. The Morgan fingerprint density at radius 3 is 2.35 bits per heavy atom. The van der Waals surface area contributed by atoms with Gasteiger partial charge in [0.15, 0.2) is 0 Å². The predicted molar refractivity (Wildman–Crippen MR) is 78.0 cm³/mol. The van der Waals surface area contributed by atoms with Crippen LogP contribution in [0.15, 0.2) is 24.3 Å². The van der Waals surface area contributed by atoms with Crippen molar-refractivity contribution in [2.45, 2.75) is 18.7 Å². The Morgan fingerprint density at radius 1 is 1.20 bits per heavy atom. The van der Waals surface area contributed by atoms with Gasteiger partial charge in [-0.2, -0.15) is 0 Å². The monoisotopic (exact) mass is 298 g/mol. The van der Waals surface area contributed by atoms with Gasteiger partial charge in [0.25, 0.3) is 0 Å². The topological polar surface area (TPSA) is 67.4 Å². The summed E-state index contributed by atoms with van der Waals surface area (Å²) in [6.45, 7) is 2.34. The molecular formula is C14H19ClN2O3. The number of hydrogen-bond acceptors (Lipinski definition) is 3. The highest BCUT2D eigenvalue weighted by molar-refractivity contribution is 6.30. The van der Waals surface area contributed by atoms with Crippen LogP contribution in [0.5, 0.6) is 5.75 Å². The van der Waals surface area contributed by atoms with Crippen LogP contribution in [0.25, 0.3) is 0 Å². The van der Waals surface area contributed by atoms with E-state index in [0.29, 0.717) is 19.5 Å². The first kappa shape index (κ1) is 16.3. The second-order valence-corrected chi connectivity index (χ2v) is 4.94. The number of ether oxygens (including phenoxy) is 1. The highest BCUT2D eigenvalue weighted by Crippen LogP contribution is 2.11. The van der Waals surface area contributed by atoms with Crippen LogP contribution in [-0.2, 0) is 16.0 Å².